The lowest BCUT2D eigenvalue weighted by Gasteiger charge is -2.36. The van der Waals surface area contributed by atoms with Crippen molar-refractivity contribution < 1.29 is 13.5 Å². The van der Waals surface area contributed by atoms with Crippen LogP contribution in [0, 0.1) is 0 Å². The summed E-state index contributed by atoms with van der Waals surface area (Å²) >= 11 is 0. The lowest BCUT2D eigenvalue weighted by atomic mass is 10.0. The maximum Gasteiger partial charge on any atom is 0.243 e. The summed E-state index contributed by atoms with van der Waals surface area (Å²) in [6, 6.07) is 16.9. The summed E-state index contributed by atoms with van der Waals surface area (Å²) in [5.41, 5.74) is 2.08. The summed E-state index contributed by atoms with van der Waals surface area (Å²) in [7, 11) is -3.50. The van der Waals surface area contributed by atoms with E-state index < -0.39 is 10.0 Å². The molecule has 2 saturated heterocycles. The zero-order valence-corrected chi connectivity index (χ0v) is 14.2. The number of aliphatic hydroxyl groups is 1. The maximum absolute atomic E-state index is 13.0. The van der Waals surface area contributed by atoms with Gasteiger partial charge in [-0.2, -0.15) is 4.31 Å². The minimum Gasteiger partial charge on any atom is -0.393 e. The molecule has 0 spiro atoms. The van der Waals surface area contributed by atoms with Gasteiger partial charge in [0.1, 0.15) is 0 Å². The molecule has 0 aromatic heterocycles. The highest BCUT2D eigenvalue weighted by Crippen LogP contribution is 2.39. The number of nitrogens with zero attached hydrogens (tertiary/aromatic N) is 1. The molecule has 4 rings (SSSR count). The first-order valence-electron chi connectivity index (χ1n) is 8.43. The number of hydrogen-bond acceptors (Lipinski definition) is 3. The normalized spacial score (nSPS) is 27.3. The van der Waals surface area contributed by atoms with Crippen LogP contribution in [0.3, 0.4) is 0 Å². The van der Waals surface area contributed by atoms with Crippen LogP contribution in [0.5, 0.6) is 0 Å². The van der Waals surface area contributed by atoms with Crippen LogP contribution >= 0.6 is 0 Å². The molecule has 2 unspecified atom stereocenters. The third kappa shape index (κ3) is 2.66. The summed E-state index contributed by atoms with van der Waals surface area (Å²) < 4.78 is 27.7. The Hall–Kier alpha value is -1.69. The zero-order chi connectivity index (χ0) is 16.7. The summed E-state index contributed by atoms with van der Waals surface area (Å²) in [5, 5.41) is 9.89. The number of piperidine rings is 1. The molecule has 2 atom stereocenters. The van der Waals surface area contributed by atoms with Crippen molar-refractivity contribution in [3.05, 3.63) is 54.6 Å². The lowest BCUT2D eigenvalue weighted by molar-refractivity contribution is 0.0769. The van der Waals surface area contributed by atoms with Gasteiger partial charge in [0.2, 0.25) is 10.0 Å². The van der Waals surface area contributed by atoms with Gasteiger partial charge in [-0.15, -0.1) is 0 Å². The van der Waals surface area contributed by atoms with Crippen molar-refractivity contribution in [1.82, 2.24) is 4.31 Å². The first kappa shape index (κ1) is 15.8. The van der Waals surface area contributed by atoms with Gasteiger partial charge in [-0.05, 0) is 48.9 Å². The fourth-order valence-electron chi connectivity index (χ4n) is 4.07. The third-order valence-electron chi connectivity index (χ3n) is 5.18. The second kappa shape index (κ2) is 5.99. The number of benzene rings is 2. The molecule has 4 nitrogen and oxygen atoms in total. The Bertz CT molecular complexity index is 803. The topological polar surface area (TPSA) is 57.6 Å². The molecular weight excluding hydrogens is 322 g/mol. The SMILES string of the molecule is O=S(=O)(c1ccc(-c2ccccc2)cc1)N1C2CCC1CC(O)C2. The van der Waals surface area contributed by atoms with E-state index in [0.29, 0.717) is 17.7 Å². The van der Waals surface area contributed by atoms with Gasteiger partial charge in [0.05, 0.1) is 11.0 Å². The van der Waals surface area contributed by atoms with E-state index in [4.69, 9.17) is 0 Å². The highest BCUT2D eigenvalue weighted by Gasteiger charge is 2.46. The first-order valence-corrected chi connectivity index (χ1v) is 9.87. The second-order valence-corrected chi connectivity index (χ2v) is 8.58. The molecule has 5 heteroatoms. The van der Waals surface area contributed by atoms with E-state index in [1.165, 1.54) is 0 Å². The van der Waals surface area contributed by atoms with Crippen LogP contribution in [0.25, 0.3) is 11.1 Å². The molecule has 2 aromatic rings. The Morgan fingerprint density at radius 3 is 1.96 bits per heavy atom. The molecule has 0 radical (unpaired) electrons. The van der Waals surface area contributed by atoms with Crippen LogP contribution in [-0.4, -0.2) is 36.0 Å². The molecular formula is C19H21NO3S. The summed E-state index contributed by atoms with van der Waals surface area (Å²) in [5.74, 6) is 0. The highest BCUT2D eigenvalue weighted by atomic mass is 32.2. The smallest absolute Gasteiger partial charge is 0.243 e. The molecule has 2 aromatic carbocycles. The maximum atomic E-state index is 13.0. The molecule has 2 fully saturated rings. The van der Waals surface area contributed by atoms with Crippen LogP contribution < -0.4 is 0 Å². The average molecular weight is 343 g/mol. The molecule has 0 amide bonds. The molecule has 2 aliphatic rings. The summed E-state index contributed by atoms with van der Waals surface area (Å²) in [6.07, 6.45) is 2.44. The standard InChI is InChI=1S/C19H21NO3S/c21-18-12-16-8-9-17(13-18)20(16)24(22,23)19-10-6-15(7-11-19)14-4-2-1-3-5-14/h1-7,10-11,16-18,21H,8-9,12-13H2. The molecule has 2 bridgehead atoms. The molecule has 0 aliphatic carbocycles. The molecule has 24 heavy (non-hydrogen) atoms. The molecule has 2 heterocycles. The Balaban J connectivity index is 1.64. The largest absolute Gasteiger partial charge is 0.393 e. The van der Waals surface area contributed by atoms with E-state index in [1.807, 2.05) is 42.5 Å². The van der Waals surface area contributed by atoms with Crippen LogP contribution in [-0.2, 0) is 10.0 Å². The number of sulfonamides is 1. The average Bonchev–Trinajstić information content (AvgIpc) is 2.89. The molecule has 0 saturated carbocycles. The van der Waals surface area contributed by atoms with Gasteiger partial charge >= 0.3 is 0 Å². The van der Waals surface area contributed by atoms with Crippen molar-refractivity contribution in [3.63, 3.8) is 0 Å². The predicted octanol–water partition coefficient (Wildman–Crippen LogP) is 3.03. The van der Waals surface area contributed by atoms with Gasteiger partial charge in [0.15, 0.2) is 0 Å². The first-order chi connectivity index (χ1) is 11.6. The van der Waals surface area contributed by atoms with E-state index in [1.54, 1.807) is 16.4 Å². The van der Waals surface area contributed by atoms with Crippen molar-refractivity contribution in [3.8, 4) is 11.1 Å². The van der Waals surface area contributed by atoms with Crippen molar-refractivity contribution in [2.45, 2.75) is 48.8 Å². The minimum absolute atomic E-state index is 0.0578. The fourth-order valence-corrected chi connectivity index (χ4v) is 5.96. The van der Waals surface area contributed by atoms with Gasteiger partial charge in [0, 0.05) is 12.1 Å². The van der Waals surface area contributed by atoms with Gasteiger partial charge in [-0.3, -0.25) is 0 Å². The van der Waals surface area contributed by atoms with Gasteiger partial charge in [-0.25, -0.2) is 8.42 Å². The van der Waals surface area contributed by atoms with E-state index in [0.717, 1.165) is 24.0 Å². The van der Waals surface area contributed by atoms with Crippen molar-refractivity contribution in [1.29, 1.82) is 0 Å². The van der Waals surface area contributed by atoms with E-state index in [9.17, 15) is 13.5 Å². The summed E-state index contributed by atoms with van der Waals surface area (Å²) in [4.78, 5) is 0.343. The fraction of sp³-hybridized carbons (Fsp3) is 0.368. The van der Waals surface area contributed by atoms with E-state index >= 15 is 0 Å². The Labute approximate surface area is 142 Å². The number of fused-ring (bicyclic) bond motifs is 2. The lowest BCUT2D eigenvalue weighted by Crippen LogP contribution is -2.47. The quantitative estimate of drug-likeness (QED) is 0.932. The Morgan fingerprint density at radius 2 is 1.38 bits per heavy atom. The number of hydrogen-bond donors (Lipinski definition) is 1. The Morgan fingerprint density at radius 1 is 0.833 bits per heavy atom. The second-order valence-electron chi connectivity index (χ2n) is 6.74. The minimum atomic E-state index is -3.50. The van der Waals surface area contributed by atoms with Crippen LogP contribution in [0.4, 0.5) is 0 Å². The van der Waals surface area contributed by atoms with E-state index in [-0.39, 0.29) is 18.2 Å². The van der Waals surface area contributed by atoms with Gasteiger partial charge < -0.3 is 5.11 Å². The van der Waals surface area contributed by atoms with Gasteiger partial charge in [-0.1, -0.05) is 42.5 Å². The zero-order valence-electron chi connectivity index (χ0n) is 13.4. The summed E-state index contributed by atoms with van der Waals surface area (Å²) in [6.45, 7) is 0. The highest BCUT2D eigenvalue weighted by molar-refractivity contribution is 7.89. The van der Waals surface area contributed by atoms with Crippen molar-refractivity contribution in [2.24, 2.45) is 0 Å². The van der Waals surface area contributed by atoms with Crippen molar-refractivity contribution >= 4 is 10.0 Å². The molecule has 1 N–H and O–H groups in total. The van der Waals surface area contributed by atoms with E-state index in [2.05, 4.69) is 0 Å². The van der Waals surface area contributed by atoms with Crippen LogP contribution in [0.15, 0.2) is 59.5 Å². The van der Waals surface area contributed by atoms with Crippen molar-refractivity contribution in [2.75, 3.05) is 0 Å². The monoisotopic (exact) mass is 343 g/mol. The number of rotatable bonds is 3. The van der Waals surface area contributed by atoms with Crippen LogP contribution in [0.2, 0.25) is 0 Å². The molecule has 2 aliphatic heterocycles. The third-order valence-corrected chi connectivity index (χ3v) is 7.20. The predicted molar refractivity (Wildman–Crippen MR) is 93.0 cm³/mol. The number of aliphatic hydroxyl groups excluding tert-OH is 1. The van der Waals surface area contributed by atoms with Crippen LogP contribution in [0.1, 0.15) is 25.7 Å². The van der Waals surface area contributed by atoms with Gasteiger partial charge in [0.25, 0.3) is 0 Å². The molecule has 126 valence electrons. The Kier molecular flexibility index (Phi) is 3.95.